The third-order valence-corrected chi connectivity index (χ3v) is 5.01. The predicted octanol–water partition coefficient (Wildman–Crippen LogP) is 4.51. The maximum absolute atomic E-state index is 12.8. The van der Waals surface area contributed by atoms with Crippen molar-refractivity contribution in [3.63, 3.8) is 0 Å². The smallest absolute Gasteiger partial charge is 0.328 e. The van der Waals surface area contributed by atoms with Crippen LogP contribution in [0.4, 0.5) is 0 Å². The molecule has 0 fully saturated rings. The average Bonchev–Trinajstić information content (AvgIpc) is 2.68. The summed E-state index contributed by atoms with van der Waals surface area (Å²) in [6.07, 6.45) is 11.3. The highest BCUT2D eigenvalue weighted by molar-refractivity contribution is 5.90. The summed E-state index contributed by atoms with van der Waals surface area (Å²) in [5.41, 5.74) is 0. The van der Waals surface area contributed by atoms with Crippen LogP contribution in [0.25, 0.3) is 0 Å². The molecular formula is C23H44N2O4. The zero-order chi connectivity index (χ0) is 22.1. The minimum Gasteiger partial charge on any atom is -0.467 e. The lowest BCUT2D eigenvalue weighted by molar-refractivity contribution is -0.145. The van der Waals surface area contributed by atoms with Crippen LogP contribution < -0.4 is 10.6 Å². The minimum absolute atomic E-state index is 0.0949. The van der Waals surface area contributed by atoms with Gasteiger partial charge in [0.25, 0.3) is 0 Å². The van der Waals surface area contributed by atoms with Crippen molar-refractivity contribution in [3.05, 3.63) is 0 Å². The molecule has 2 amide bonds. The Morgan fingerprint density at radius 3 is 1.93 bits per heavy atom. The second-order valence-electron chi connectivity index (χ2n) is 8.35. The van der Waals surface area contributed by atoms with Crippen molar-refractivity contribution in [1.29, 1.82) is 0 Å². The van der Waals surface area contributed by atoms with Gasteiger partial charge in [-0.3, -0.25) is 9.59 Å². The number of hydrogen-bond acceptors (Lipinski definition) is 4. The standard InChI is InChI=1S/C23H44N2O4/c1-6-8-10-11-12-13-14-16-21(26)24-20(17-18(3)4)22(27)25-19(15-9-7-2)23(28)29-5/h18-20H,6-17H2,1-5H3,(H,24,26)(H,25,27)/t19-,20-/m0/s1. The normalized spacial score (nSPS) is 13.0. The van der Waals surface area contributed by atoms with Crippen molar-refractivity contribution < 1.29 is 19.1 Å². The molecule has 0 aromatic carbocycles. The molecule has 2 atom stereocenters. The summed E-state index contributed by atoms with van der Waals surface area (Å²) < 4.78 is 4.81. The fourth-order valence-corrected chi connectivity index (χ4v) is 3.28. The number of rotatable bonds is 17. The molecule has 0 saturated carbocycles. The van der Waals surface area contributed by atoms with E-state index in [9.17, 15) is 14.4 Å². The molecule has 0 aliphatic carbocycles. The quantitative estimate of drug-likeness (QED) is 0.272. The first-order valence-corrected chi connectivity index (χ1v) is 11.5. The van der Waals surface area contributed by atoms with Crippen molar-refractivity contribution in [1.82, 2.24) is 10.6 Å². The van der Waals surface area contributed by atoms with E-state index in [1.807, 2.05) is 20.8 Å². The summed E-state index contributed by atoms with van der Waals surface area (Å²) in [6, 6.07) is -1.29. The molecule has 0 unspecified atom stereocenters. The summed E-state index contributed by atoms with van der Waals surface area (Å²) in [4.78, 5) is 37.1. The van der Waals surface area contributed by atoms with E-state index in [0.29, 0.717) is 19.3 Å². The fourth-order valence-electron chi connectivity index (χ4n) is 3.28. The van der Waals surface area contributed by atoms with Gasteiger partial charge in [-0.05, 0) is 25.2 Å². The van der Waals surface area contributed by atoms with E-state index in [0.717, 1.165) is 32.1 Å². The lowest BCUT2D eigenvalue weighted by atomic mass is 10.0. The van der Waals surface area contributed by atoms with Crippen LogP contribution in [0.3, 0.4) is 0 Å². The van der Waals surface area contributed by atoms with Crippen molar-refractivity contribution in [2.45, 2.75) is 117 Å². The number of ether oxygens (including phenoxy) is 1. The predicted molar refractivity (Wildman–Crippen MR) is 117 cm³/mol. The van der Waals surface area contributed by atoms with Gasteiger partial charge in [-0.15, -0.1) is 0 Å². The first-order chi connectivity index (χ1) is 13.8. The molecule has 0 aromatic heterocycles. The Morgan fingerprint density at radius 1 is 0.793 bits per heavy atom. The van der Waals surface area contributed by atoms with Gasteiger partial charge >= 0.3 is 5.97 Å². The highest BCUT2D eigenvalue weighted by atomic mass is 16.5. The van der Waals surface area contributed by atoms with Crippen LogP contribution in [0.2, 0.25) is 0 Å². The summed E-state index contributed by atoms with van der Waals surface area (Å²) in [7, 11) is 1.32. The minimum atomic E-state index is -0.665. The number of amides is 2. The molecule has 170 valence electrons. The van der Waals surface area contributed by atoms with E-state index in [2.05, 4.69) is 17.6 Å². The highest BCUT2D eigenvalue weighted by Gasteiger charge is 2.27. The molecule has 0 spiro atoms. The van der Waals surface area contributed by atoms with E-state index in [1.54, 1.807) is 0 Å². The zero-order valence-electron chi connectivity index (χ0n) is 19.4. The fraction of sp³-hybridized carbons (Fsp3) is 0.870. The molecule has 2 N–H and O–H groups in total. The summed E-state index contributed by atoms with van der Waals surface area (Å²) in [6.45, 7) is 8.25. The topological polar surface area (TPSA) is 84.5 Å². The maximum Gasteiger partial charge on any atom is 0.328 e. The number of methoxy groups -OCH3 is 1. The van der Waals surface area contributed by atoms with Crippen LogP contribution in [-0.2, 0) is 19.1 Å². The van der Waals surface area contributed by atoms with E-state index >= 15 is 0 Å². The van der Waals surface area contributed by atoms with Crippen molar-refractivity contribution in [2.75, 3.05) is 7.11 Å². The first-order valence-electron chi connectivity index (χ1n) is 11.5. The van der Waals surface area contributed by atoms with Crippen LogP contribution in [0, 0.1) is 5.92 Å². The molecule has 0 radical (unpaired) electrons. The molecule has 0 aliphatic heterocycles. The van der Waals surface area contributed by atoms with Gasteiger partial charge in [0.2, 0.25) is 11.8 Å². The van der Waals surface area contributed by atoms with Crippen LogP contribution in [0.5, 0.6) is 0 Å². The summed E-state index contributed by atoms with van der Waals surface area (Å²) in [5, 5.41) is 5.66. The Morgan fingerprint density at radius 2 is 1.38 bits per heavy atom. The van der Waals surface area contributed by atoms with Crippen molar-refractivity contribution >= 4 is 17.8 Å². The van der Waals surface area contributed by atoms with Gasteiger partial charge in [-0.2, -0.15) is 0 Å². The number of esters is 1. The molecular weight excluding hydrogens is 368 g/mol. The number of hydrogen-bond donors (Lipinski definition) is 2. The Labute approximate surface area is 177 Å². The number of nitrogens with one attached hydrogen (secondary N) is 2. The SMILES string of the molecule is CCCCCCCCCC(=O)N[C@@H](CC(C)C)C(=O)N[C@@H](CCCC)C(=O)OC. The average molecular weight is 413 g/mol. The second kappa shape index (κ2) is 17.3. The third kappa shape index (κ3) is 14.1. The summed E-state index contributed by atoms with van der Waals surface area (Å²) >= 11 is 0. The Balaban J connectivity index is 4.58. The summed E-state index contributed by atoms with van der Waals surface area (Å²) in [5.74, 6) is -0.595. The Kier molecular flexibility index (Phi) is 16.3. The molecule has 0 saturated heterocycles. The van der Waals surface area contributed by atoms with E-state index in [-0.39, 0.29) is 17.7 Å². The molecule has 0 bridgehead atoms. The number of carbonyl (C=O) groups is 3. The van der Waals surface area contributed by atoms with Gasteiger partial charge in [-0.1, -0.05) is 79.1 Å². The molecule has 6 heteroatoms. The van der Waals surface area contributed by atoms with Gasteiger partial charge in [0.05, 0.1) is 7.11 Å². The van der Waals surface area contributed by atoms with Gasteiger partial charge in [0.1, 0.15) is 12.1 Å². The first kappa shape index (κ1) is 27.4. The number of carbonyl (C=O) groups excluding carboxylic acids is 3. The monoisotopic (exact) mass is 412 g/mol. The van der Waals surface area contributed by atoms with Crippen molar-refractivity contribution in [3.8, 4) is 0 Å². The van der Waals surface area contributed by atoms with Gasteiger partial charge < -0.3 is 15.4 Å². The molecule has 0 rings (SSSR count). The van der Waals surface area contributed by atoms with Gasteiger partial charge in [-0.25, -0.2) is 4.79 Å². The Bertz CT molecular complexity index is 466. The van der Waals surface area contributed by atoms with Gasteiger partial charge in [0, 0.05) is 6.42 Å². The van der Waals surface area contributed by atoms with E-state index in [1.165, 1.54) is 32.8 Å². The molecule has 0 aliphatic rings. The van der Waals surface area contributed by atoms with E-state index < -0.39 is 18.1 Å². The zero-order valence-corrected chi connectivity index (χ0v) is 19.4. The largest absolute Gasteiger partial charge is 0.467 e. The second-order valence-corrected chi connectivity index (χ2v) is 8.35. The van der Waals surface area contributed by atoms with Crippen LogP contribution in [-0.4, -0.2) is 37.0 Å². The highest BCUT2D eigenvalue weighted by Crippen LogP contribution is 2.11. The van der Waals surface area contributed by atoms with Crippen molar-refractivity contribution in [2.24, 2.45) is 5.92 Å². The maximum atomic E-state index is 12.8. The molecule has 0 heterocycles. The van der Waals surface area contributed by atoms with Crippen LogP contribution in [0.15, 0.2) is 0 Å². The molecule has 29 heavy (non-hydrogen) atoms. The third-order valence-electron chi connectivity index (χ3n) is 5.01. The van der Waals surface area contributed by atoms with Crippen LogP contribution >= 0.6 is 0 Å². The molecule has 0 aromatic rings. The van der Waals surface area contributed by atoms with Gasteiger partial charge in [0.15, 0.2) is 0 Å². The lowest BCUT2D eigenvalue weighted by Gasteiger charge is -2.23. The Hall–Kier alpha value is -1.59. The number of unbranched alkanes of at least 4 members (excludes halogenated alkanes) is 7. The lowest BCUT2D eigenvalue weighted by Crippen LogP contribution is -2.52. The van der Waals surface area contributed by atoms with Crippen LogP contribution in [0.1, 0.15) is 105 Å². The van der Waals surface area contributed by atoms with E-state index in [4.69, 9.17) is 4.74 Å². The molecule has 6 nitrogen and oxygen atoms in total.